The Morgan fingerprint density at radius 3 is 3.00 bits per heavy atom. The van der Waals surface area contributed by atoms with Gasteiger partial charge in [-0.3, -0.25) is 4.90 Å². The Kier molecular flexibility index (Phi) is 4.90. The zero-order valence-electron chi connectivity index (χ0n) is 10.4. The number of oxime groups is 1. The van der Waals surface area contributed by atoms with Crippen LogP contribution in [0.1, 0.15) is 17.5 Å². The summed E-state index contributed by atoms with van der Waals surface area (Å²) in [5.41, 5.74) is 7.66. The van der Waals surface area contributed by atoms with Crippen LogP contribution in [0.25, 0.3) is 0 Å². The highest BCUT2D eigenvalue weighted by molar-refractivity contribution is 7.99. The Hall–Kier alpha value is -1.20. The van der Waals surface area contributed by atoms with Crippen LogP contribution in [-0.2, 0) is 6.54 Å². The zero-order valence-corrected chi connectivity index (χ0v) is 11.2. The molecule has 1 fully saturated rings. The molecule has 1 aromatic rings. The Balaban J connectivity index is 2.12. The number of benzene rings is 1. The molecule has 0 aliphatic carbocycles. The van der Waals surface area contributed by atoms with Crippen molar-refractivity contribution in [3.05, 3.63) is 35.4 Å². The minimum Gasteiger partial charge on any atom is -0.409 e. The van der Waals surface area contributed by atoms with Crippen LogP contribution in [0.3, 0.4) is 0 Å². The fourth-order valence-corrected chi connectivity index (χ4v) is 3.08. The molecule has 1 heterocycles. The van der Waals surface area contributed by atoms with Gasteiger partial charge in [-0.05, 0) is 24.3 Å². The minimum atomic E-state index is 0.190. The van der Waals surface area contributed by atoms with E-state index in [2.05, 4.69) is 10.1 Å². The molecule has 18 heavy (non-hydrogen) atoms. The molecule has 0 amide bonds. The standard InChI is InChI=1S/C13H19N3OS/c14-13(15-17)12-5-2-1-4-11(12)10-16-6-3-8-18-9-7-16/h1-2,4-5,17H,3,6-10H2,(H2,14,15). The lowest BCUT2D eigenvalue weighted by molar-refractivity contribution is 0.287. The fourth-order valence-electron chi connectivity index (χ4n) is 2.16. The van der Waals surface area contributed by atoms with E-state index >= 15 is 0 Å². The first-order valence-corrected chi connectivity index (χ1v) is 7.32. The van der Waals surface area contributed by atoms with Crippen molar-refractivity contribution in [2.45, 2.75) is 13.0 Å². The molecule has 1 aliphatic rings. The summed E-state index contributed by atoms with van der Waals surface area (Å²) in [5.74, 6) is 2.62. The third kappa shape index (κ3) is 3.40. The molecule has 1 aromatic carbocycles. The molecule has 0 radical (unpaired) electrons. The van der Waals surface area contributed by atoms with Crippen molar-refractivity contribution >= 4 is 17.6 Å². The third-order valence-corrected chi connectivity index (χ3v) is 4.16. The molecule has 4 nitrogen and oxygen atoms in total. The largest absolute Gasteiger partial charge is 0.409 e. The molecule has 0 bridgehead atoms. The lowest BCUT2D eigenvalue weighted by Crippen LogP contribution is -2.27. The summed E-state index contributed by atoms with van der Waals surface area (Å²) in [6.45, 7) is 3.10. The predicted octanol–water partition coefficient (Wildman–Crippen LogP) is 1.72. The van der Waals surface area contributed by atoms with Gasteiger partial charge in [-0.2, -0.15) is 11.8 Å². The van der Waals surface area contributed by atoms with Crippen LogP contribution in [0.2, 0.25) is 0 Å². The molecule has 1 saturated heterocycles. The Labute approximate surface area is 112 Å². The monoisotopic (exact) mass is 265 g/mol. The van der Waals surface area contributed by atoms with Gasteiger partial charge >= 0.3 is 0 Å². The summed E-state index contributed by atoms with van der Waals surface area (Å²) in [6.07, 6.45) is 1.23. The van der Waals surface area contributed by atoms with Gasteiger partial charge < -0.3 is 10.9 Å². The average molecular weight is 265 g/mol. The van der Waals surface area contributed by atoms with Crippen LogP contribution in [0.5, 0.6) is 0 Å². The molecule has 5 heteroatoms. The molecular weight excluding hydrogens is 246 g/mol. The Morgan fingerprint density at radius 1 is 1.33 bits per heavy atom. The number of thioether (sulfide) groups is 1. The highest BCUT2D eigenvalue weighted by Gasteiger charge is 2.13. The van der Waals surface area contributed by atoms with Gasteiger partial charge in [-0.1, -0.05) is 29.4 Å². The molecule has 2 rings (SSSR count). The van der Waals surface area contributed by atoms with E-state index in [0.29, 0.717) is 0 Å². The van der Waals surface area contributed by atoms with Gasteiger partial charge in [-0.25, -0.2) is 0 Å². The summed E-state index contributed by atoms with van der Waals surface area (Å²) in [7, 11) is 0. The van der Waals surface area contributed by atoms with Crippen molar-refractivity contribution in [3.8, 4) is 0 Å². The van der Waals surface area contributed by atoms with Crippen molar-refractivity contribution < 1.29 is 5.21 Å². The van der Waals surface area contributed by atoms with Crippen molar-refractivity contribution in [1.29, 1.82) is 0 Å². The summed E-state index contributed by atoms with van der Waals surface area (Å²) in [6, 6.07) is 7.85. The van der Waals surface area contributed by atoms with Crippen molar-refractivity contribution in [2.75, 3.05) is 24.6 Å². The summed E-state index contributed by atoms with van der Waals surface area (Å²) < 4.78 is 0. The second-order valence-corrected chi connectivity index (χ2v) is 5.61. The van der Waals surface area contributed by atoms with Crippen LogP contribution >= 0.6 is 11.8 Å². The number of amidine groups is 1. The van der Waals surface area contributed by atoms with Crippen molar-refractivity contribution in [2.24, 2.45) is 10.9 Å². The van der Waals surface area contributed by atoms with Gasteiger partial charge in [0.15, 0.2) is 5.84 Å². The van der Waals surface area contributed by atoms with Gasteiger partial charge in [0.2, 0.25) is 0 Å². The van der Waals surface area contributed by atoms with Crippen LogP contribution < -0.4 is 5.73 Å². The van der Waals surface area contributed by atoms with Gasteiger partial charge in [-0.15, -0.1) is 0 Å². The van der Waals surface area contributed by atoms with E-state index in [4.69, 9.17) is 10.9 Å². The van der Waals surface area contributed by atoms with Gasteiger partial charge in [0.1, 0.15) is 0 Å². The molecule has 0 saturated carbocycles. The van der Waals surface area contributed by atoms with E-state index in [-0.39, 0.29) is 5.84 Å². The van der Waals surface area contributed by atoms with Crippen LogP contribution in [0, 0.1) is 0 Å². The third-order valence-electron chi connectivity index (χ3n) is 3.11. The van der Waals surface area contributed by atoms with E-state index in [1.165, 1.54) is 17.9 Å². The molecule has 0 unspecified atom stereocenters. The van der Waals surface area contributed by atoms with E-state index in [1.54, 1.807) is 0 Å². The van der Waals surface area contributed by atoms with Gasteiger partial charge in [0.25, 0.3) is 0 Å². The zero-order chi connectivity index (χ0) is 12.8. The van der Waals surface area contributed by atoms with E-state index in [1.807, 2.05) is 36.0 Å². The highest BCUT2D eigenvalue weighted by atomic mass is 32.2. The van der Waals surface area contributed by atoms with E-state index < -0.39 is 0 Å². The maximum Gasteiger partial charge on any atom is 0.170 e. The number of hydrogen-bond acceptors (Lipinski definition) is 4. The molecule has 0 atom stereocenters. The topological polar surface area (TPSA) is 61.9 Å². The summed E-state index contributed by atoms with van der Waals surface area (Å²) in [5, 5.41) is 11.9. The number of nitrogens with zero attached hydrogens (tertiary/aromatic N) is 2. The van der Waals surface area contributed by atoms with E-state index in [9.17, 15) is 0 Å². The molecule has 0 spiro atoms. The number of nitrogens with two attached hydrogens (primary N) is 1. The second kappa shape index (κ2) is 6.66. The summed E-state index contributed by atoms with van der Waals surface area (Å²) in [4.78, 5) is 2.43. The smallest absolute Gasteiger partial charge is 0.170 e. The van der Waals surface area contributed by atoms with Crippen molar-refractivity contribution in [1.82, 2.24) is 4.90 Å². The number of hydrogen-bond donors (Lipinski definition) is 2. The van der Waals surface area contributed by atoms with Crippen LogP contribution in [0.4, 0.5) is 0 Å². The minimum absolute atomic E-state index is 0.190. The molecule has 1 aliphatic heterocycles. The fraction of sp³-hybridized carbons (Fsp3) is 0.462. The molecular formula is C13H19N3OS. The maximum absolute atomic E-state index is 8.81. The van der Waals surface area contributed by atoms with Gasteiger partial charge in [0.05, 0.1) is 0 Å². The van der Waals surface area contributed by atoms with Crippen LogP contribution in [-0.4, -0.2) is 40.5 Å². The Bertz CT molecular complexity index is 414. The first-order valence-electron chi connectivity index (χ1n) is 6.17. The predicted molar refractivity (Wildman–Crippen MR) is 76.2 cm³/mol. The maximum atomic E-state index is 8.81. The Morgan fingerprint density at radius 2 is 2.17 bits per heavy atom. The number of rotatable bonds is 3. The molecule has 3 N–H and O–H groups in total. The SMILES string of the molecule is N/C(=N/O)c1ccccc1CN1CCCSCC1. The molecule has 0 aromatic heterocycles. The van der Waals surface area contributed by atoms with Crippen LogP contribution in [0.15, 0.2) is 29.4 Å². The quantitative estimate of drug-likeness (QED) is 0.378. The normalized spacial score (nSPS) is 18.6. The van der Waals surface area contributed by atoms with Crippen molar-refractivity contribution in [3.63, 3.8) is 0 Å². The first-order chi connectivity index (χ1) is 8.81. The lowest BCUT2D eigenvalue weighted by atomic mass is 10.1. The van der Waals surface area contributed by atoms with Gasteiger partial charge in [0, 0.05) is 24.4 Å². The highest BCUT2D eigenvalue weighted by Crippen LogP contribution is 2.15. The molecule has 98 valence electrons. The lowest BCUT2D eigenvalue weighted by Gasteiger charge is -2.20. The average Bonchev–Trinajstić information content (AvgIpc) is 2.67. The van der Waals surface area contributed by atoms with E-state index in [0.717, 1.165) is 30.8 Å². The summed E-state index contributed by atoms with van der Waals surface area (Å²) >= 11 is 2.01. The first kappa shape index (κ1) is 13.2. The second-order valence-electron chi connectivity index (χ2n) is 4.38.